The Kier molecular flexibility index (Phi) is 10.1. The summed E-state index contributed by atoms with van der Waals surface area (Å²) >= 11 is 0.824. The van der Waals surface area contributed by atoms with E-state index >= 15 is 4.39 Å². The lowest BCUT2D eigenvalue weighted by molar-refractivity contribution is -0.158. The van der Waals surface area contributed by atoms with Crippen molar-refractivity contribution in [3.05, 3.63) is 29.6 Å². The van der Waals surface area contributed by atoms with E-state index in [1.54, 1.807) is 41.5 Å². The Morgan fingerprint density at radius 2 is 1.84 bits per heavy atom. The fourth-order valence-electron chi connectivity index (χ4n) is 3.00. The summed E-state index contributed by atoms with van der Waals surface area (Å²) in [6.07, 6.45) is -2.70. The number of benzene rings is 1. The van der Waals surface area contributed by atoms with E-state index in [4.69, 9.17) is 19.9 Å². The van der Waals surface area contributed by atoms with E-state index in [0.717, 1.165) is 22.7 Å². The zero-order valence-electron chi connectivity index (χ0n) is 22.3. The lowest BCUT2D eigenvalue weighted by Crippen LogP contribution is -2.47. The molecule has 1 unspecified atom stereocenters. The number of amides is 2. The molecule has 2 amide bonds. The molecule has 0 bridgehead atoms. The summed E-state index contributed by atoms with van der Waals surface area (Å²) in [6.45, 7) is 9.91. The van der Waals surface area contributed by atoms with Gasteiger partial charge in [-0.05, 0) is 59.7 Å². The molecule has 12 nitrogen and oxygen atoms in total. The number of nitrogens with one attached hydrogen (secondary N) is 1. The van der Waals surface area contributed by atoms with Crippen molar-refractivity contribution in [2.75, 3.05) is 24.3 Å². The zero-order valence-corrected chi connectivity index (χ0v) is 23.1. The Hall–Kier alpha value is -3.39. The Balaban J connectivity index is 2.24. The van der Waals surface area contributed by atoms with Crippen molar-refractivity contribution in [1.82, 2.24) is 5.43 Å². The minimum absolute atomic E-state index is 0.0425. The normalized spacial score (nSPS) is 17.0. The van der Waals surface area contributed by atoms with Gasteiger partial charge >= 0.3 is 24.1 Å². The highest BCUT2D eigenvalue weighted by molar-refractivity contribution is 8.14. The molecule has 0 aromatic heterocycles. The fourth-order valence-corrected chi connectivity index (χ4v) is 3.81. The SMILES string of the molecule is COC(=O)CS/C(=N/NC(=O)OC(C)(C)C)c1ccc(N2CC([C@H](N)C(=O)OC(C)(C)C)OC2=O)cc1F. The third kappa shape index (κ3) is 9.17. The van der Waals surface area contributed by atoms with Crippen LogP contribution in [0.3, 0.4) is 0 Å². The number of cyclic esters (lactones) is 1. The predicted octanol–water partition coefficient (Wildman–Crippen LogP) is 2.91. The Labute approximate surface area is 224 Å². The summed E-state index contributed by atoms with van der Waals surface area (Å²) in [7, 11) is 1.20. The molecule has 38 heavy (non-hydrogen) atoms. The molecule has 0 saturated carbocycles. The number of hydrogen-bond donors (Lipinski definition) is 2. The predicted molar refractivity (Wildman–Crippen MR) is 138 cm³/mol. The number of carbonyl (C=O) groups excluding carboxylic acids is 4. The maximum Gasteiger partial charge on any atom is 0.428 e. The molecule has 2 atom stereocenters. The van der Waals surface area contributed by atoms with Crippen LogP contribution in [0.2, 0.25) is 0 Å². The van der Waals surface area contributed by atoms with Gasteiger partial charge in [0.15, 0.2) is 0 Å². The number of halogens is 1. The lowest BCUT2D eigenvalue weighted by atomic mass is 10.1. The maximum absolute atomic E-state index is 15.2. The second-order valence-electron chi connectivity index (χ2n) is 10.2. The number of esters is 2. The molecular weight excluding hydrogens is 523 g/mol. The average Bonchev–Trinajstić information content (AvgIpc) is 3.17. The summed E-state index contributed by atoms with van der Waals surface area (Å²) in [5.74, 6) is -2.35. The van der Waals surface area contributed by atoms with Crippen molar-refractivity contribution in [3.8, 4) is 0 Å². The van der Waals surface area contributed by atoms with Crippen LogP contribution in [0.5, 0.6) is 0 Å². The minimum Gasteiger partial charge on any atom is -0.468 e. The molecule has 1 heterocycles. The molecule has 2 rings (SSSR count). The van der Waals surface area contributed by atoms with E-state index in [-0.39, 0.29) is 28.6 Å². The summed E-state index contributed by atoms with van der Waals surface area (Å²) < 4.78 is 35.4. The van der Waals surface area contributed by atoms with Gasteiger partial charge in [-0.25, -0.2) is 19.4 Å². The fraction of sp³-hybridized carbons (Fsp3) is 0.542. The smallest absolute Gasteiger partial charge is 0.428 e. The molecule has 1 aliphatic rings. The van der Waals surface area contributed by atoms with Crippen molar-refractivity contribution in [3.63, 3.8) is 0 Å². The van der Waals surface area contributed by atoms with Gasteiger partial charge in [-0.2, -0.15) is 5.10 Å². The standard InChI is InChI=1S/C24H33FN4O8S/c1-23(2,3)36-20(31)18(26)16-11-29(22(33)35-16)13-8-9-14(15(25)10-13)19(38-12-17(30)34-7)27-28-21(32)37-24(4,5)6/h8-10,16,18H,11-12,26H2,1-7H3,(H,28,32)/b27-19+/t16?,18-/m0/s1. The first-order chi connectivity index (χ1) is 17.5. The number of nitrogens with zero attached hydrogens (tertiary/aromatic N) is 2. The molecular formula is C24H33FN4O8S. The lowest BCUT2D eigenvalue weighted by Gasteiger charge is -2.23. The number of hydrazone groups is 1. The third-order valence-corrected chi connectivity index (χ3v) is 5.58. The quantitative estimate of drug-likeness (QED) is 0.168. The Morgan fingerprint density at radius 1 is 1.21 bits per heavy atom. The number of carbonyl (C=O) groups is 4. The summed E-state index contributed by atoms with van der Waals surface area (Å²) in [6, 6.07) is 2.56. The Morgan fingerprint density at radius 3 is 2.39 bits per heavy atom. The molecule has 1 aromatic rings. The van der Waals surface area contributed by atoms with Crippen LogP contribution in [0.25, 0.3) is 0 Å². The topological polar surface area (TPSA) is 159 Å². The van der Waals surface area contributed by atoms with E-state index in [9.17, 15) is 19.2 Å². The van der Waals surface area contributed by atoms with Crippen LogP contribution in [0, 0.1) is 5.82 Å². The third-order valence-electron chi connectivity index (χ3n) is 4.61. The molecule has 1 saturated heterocycles. The molecule has 210 valence electrons. The van der Waals surface area contributed by atoms with Crippen LogP contribution >= 0.6 is 11.8 Å². The van der Waals surface area contributed by atoms with Gasteiger partial charge in [-0.3, -0.25) is 14.5 Å². The van der Waals surface area contributed by atoms with E-state index in [0.29, 0.717) is 0 Å². The van der Waals surface area contributed by atoms with Crippen LogP contribution in [-0.4, -0.2) is 71.9 Å². The van der Waals surface area contributed by atoms with Gasteiger partial charge in [0.05, 0.1) is 25.1 Å². The molecule has 0 aliphatic carbocycles. The molecule has 1 aromatic carbocycles. The number of methoxy groups -OCH3 is 1. The van der Waals surface area contributed by atoms with Crippen LogP contribution in [0.4, 0.5) is 19.7 Å². The van der Waals surface area contributed by atoms with Crippen molar-refractivity contribution in [1.29, 1.82) is 0 Å². The van der Waals surface area contributed by atoms with E-state index < -0.39 is 53.3 Å². The highest BCUT2D eigenvalue weighted by atomic mass is 32.2. The van der Waals surface area contributed by atoms with Gasteiger partial charge in [0.25, 0.3) is 0 Å². The van der Waals surface area contributed by atoms with Gasteiger partial charge in [0, 0.05) is 5.56 Å². The summed E-state index contributed by atoms with van der Waals surface area (Å²) in [5.41, 5.74) is 6.61. The second-order valence-corrected chi connectivity index (χ2v) is 11.1. The number of anilines is 1. The van der Waals surface area contributed by atoms with Gasteiger partial charge in [-0.15, -0.1) is 0 Å². The summed E-state index contributed by atoms with van der Waals surface area (Å²) in [4.78, 5) is 49.5. The van der Waals surface area contributed by atoms with Crippen molar-refractivity contribution >= 4 is 46.6 Å². The van der Waals surface area contributed by atoms with Crippen LogP contribution in [0.1, 0.15) is 47.1 Å². The molecule has 0 radical (unpaired) electrons. The maximum atomic E-state index is 15.2. The summed E-state index contributed by atoms with van der Waals surface area (Å²) in [5, 5.41) is 3.86. The number of ether oxygens (including phenoxy) is 4. The van der Waals surface area contributed by atoms with Gasteiger partial charge < -0.3 is 24.7 Å². The highest BCUT2D eigenvalue weighted by Gasteiger charge is 2.40. The Bertz CT molecular complexity index is 1100. The molecule has 0 spiro atoms. The second kappa shape index (κ2) is 12.4. The molecule has 1 fully saturated rings. The van der Waals surface area contributed by atoms with Gasteiger partial charge in [0.2, 0.25) is 0 Å². The number of thioether (sulfide) groups is 1. The monoisotopic (exact) mass is 556 g/mol. The van der Waals surface area contributed by atoms with Gasteiger partial charge in [0.1, 0.15) is 34.2 Å². The number of nitrogens with two attached hydrogens (primary N) is 1. The average molecular weight is 557 g/mol. The van der Waals surface area contributed by atoms with E-state index in [1.165, 1.54) is 19.2 Å². The highest BCUT2D eigenvalue weighted by Crippen LogP contribution is 2.27. The first-order valence-electron chi connectivity index (χ1n) is 11.5. The first kappa shape index (κ1) is 30.8. The van der Waals surface area contributed by atoms with Crippen LogP contribution in [0.15, 0.2) is 23.3 Å². The minimum atomic E-state index is -1.24. The van der Waals surface area contributed by atoms with Crippen LogP contribution in [-0.2, 0) is 28.5 Å². The van der Waals surface area contributed by atoms with Crippen molar-refractivity contribution in [2.45, 2.75) is 64.9 Å². The van der Waals surface area contributed by atoms with Gasteiger partial charge in [-0.1, -0.05) is 11.8 Å². The molecule has 3 N–H and O–H groups in total. The number of hydrogen-bond acceptors (Lipinski definition) is 11. The molecule has 1 aliphatic heterocycles. The van der Waals surface area contributed by atoms with E-state index in [1.807, 2.05) is 0 Å². The van der Waals surface area contributed by atoms with Crippen molar-refractivity contribution < 1.29 is 42.5 Å². The van der Waals surface area contributed by atoms with E-state index in [2.05, 4.69) is 15.3 Å². The first-order valence-corrected chi connectivity index (χ1v) is 12.5. The zero-order chi connectivity index (χ0) is 28.8. The van der Waals surface area contributed by atoms with Crippen molar-refractivity contribution in [2.24, 2.45) is 10.8 Å². The van der Waals surface area contributed by atoms with Crippen LogP contribution < -0.4 is 16.1 Å². The number of rotatable bonds is 7. The largest absolute Gasteiger partial charge is 0.468 e. The molecule has 14 heteroatoms.